The average Bonchev–Trinajstić information content (AvgIpc) is 3.56. The lowest BCUT2D eigenvalue weighted by Crippen LogP contribution is -2.51. The Hall–Kier alpha value is -1.42. The molecule has 1 aromatic heterocycles. The van der Waals surface area contributed by atoms with E-state index in [1.54, 1.807) is 35.7 Å². The number of anilines is 1. The molecule has 10 heteroatoms. The number of benzene rings is 1. The fourth-order valence-corrected chi connectivity index (χ4v) is 6.82. The number of halogens is 2. The van der Waals surface area contributed by atoms with Gasteiger partial charge in [-0.15, -0.1) is 11.3 Å². The maximum atomic E-state index is 12.6. The lowest BCUT2D eigenvalue weighted by atomic mass is 9.82. The monoisotopic (exact) mass is 537 g/mol. The van der Waals surface area contributed by atoms with E-state index in [-0.39, 0.29) is 6.03 Å². The van der Waals surface area contributed by atoms with Gasteiger partial charge in [-0.05, 0) is 62.8 Å². The summed E-state index contributed by atoms with van der Waals surface area (Å²) in [5.41, 5.74) is -0.0686. The summed E-state index contributed by atoms with van der Waals surface area (Å²) in [6.45, 7) is 6.62. The Labute approximate surface area is 221 Å². The Morgan fingerprint density at radius 2 is 1.89 bits per heavy atom. The van der Waals surface area contributed by atoms with Gasteiger partial charge in [0.25, 0.3) is 0 Å². The van der Waals surface area contributed by atoms with E-state index in [0.717, 1.165) is 76.5 Å². The predicted molar refractivity (Wildman–Crippen MR) is 141 cm³/mol. The average molecular weight is 539 g/mol. The van der Waals surface area contributed by atoms with E-state index in [2.05, 4.69) is 20.1 Å². The zero-order valence-electron chi connectivity index (χ0n) is 19.8. The van der Waals surface area contributed by atoms with Crippen molar-refractivity contribution in [1.29, 1.82) is 0 Å². The van der Waals surface area contributed by atoms with Crippen LogP contribution in [0.4, 0.5) is 10.5 Å². The lowest BCUT2D eigenvalue weighted by molar-refractivity contribution is -0.0228. The minimum atomic E-state index is -0.727. The fourth-order valence-electron chi connectivity index (χ4n) is 5.73. The molecule has 2 saturated heterocycles. The molecule has 35 heavy (non-hydrogen) atoms. The van der Waals surface area contributed by atoms with E-state index in [1.807, 2.05) is 10.3 Å². The normalized spacial score (nSPS) is 28.4. The topological polar surface area (TPSA) is 71.9 Å². The van der Waals surface area contributed by atoms with Crippen LogP contribution in [-0.4, -0.2) is 82.7 Å². The summed E-state index contributed by atoms with van der Waals surface area (Å²) in [4.78, 5) is 24.0. The predicted octanol–water partition coefficient (Wildman–Crippen LogP) is 4.75. The molecule has 1 atom stereocenters. The Morgan fingerprint density at radius 3 is 2.57 bits per heavy atom. The summed E-state index contributed by atoms with van der Waals surface area (Å²) in [5.74, 6) is 0.673. The third-order valence-corrected chi connectivity index (χ3v) is 9.50. The number of thiazole rings is 1. The molecule has 0 spiro atoms. The van der Waals surface area contributed by atoms with Gasteiger partial charge in [-0.2, -0.15) is 0 Å². The number of carbonyl (C=O) groups is 1. The van der Waals surface area contributed by atoms with Crippen LogP contribution >= 0.6 is 34.5 Å². The van der Waals surface area contributed by atoms with Gasteiger partial charge in [0.15, 0.2) is 0 Å². The minimum absolute atomic E-state index is 0.0925. The quantitative estimate of drug-likeness (QED) is 0.575. The van der Waals surface area contributed by atoms with Crippen molar-refractivity contribution in [3.05, 3.63) is 44.8 Å². The van der Waals surface area contributed by atoms with Crippen molar-refractivity contribution in [3.8, 4) is 0 Å². The molecular weight excluding hydrogens is 505 g/mol. The number of hydrogen-bond donors (Lipinski definition) is 2. The van der Waals surface area contributed by atoms with Gasteiger partial charge in [-0.25, -0.2) is 9.78 Å². The number of hydrogen-bond acceptors (Lipinski definition) is 6. The maximum Gasteiger partial charge on any atom is 0.321 e. The van der Waals surface area contributed by atoms with Crippen LogP contribution in [-0.2, 0) is 5.60 Å². The summed E-state index contributed by atoms with van der Waals surface area (Å²) in [7, 11) is 0. The van der Waals surface area contributed by atoms with Crippen molar-refractivity contribution < 1.29 is 9.90 Å². The standard InChI is InChI=1S/C25H33Cl2N5O2S/c26-21-2-1-19(15-22(21)27)29-24(33)31-12-10-30(11-13-31)16-18-5-9-32(17-18)20-3-6-25(34,7-4-20)23-28-8-14-35-23/h1-2,8,14-15,18,20,34H,3-7,9-13,16-17H2,(H,29,33)/t18-,20-,25+/m0/s1. The highest BCUT2D eigenvalue weighted by Gasteiger charge is 2.40. The summed E-state index contributed by atoms with van der Waals surface area (Å²) in [6, 6.07) is 5.61. The summed E-state index contributed by atoms with van der Waals surface area (Å²) in [6.07, 6.45) is 6.70. The maximum absolute atomic E-state index is 12.6. The molecule has 0 bridgehead atoms. The highest BCUT2D eigenvalue weighted by molar-refractivity contribution is 7.09. The molecular formula is C25H33Cl2N5O2S. The van der Waals surface area contributed by atoms with Crippen molar-refractivity contribution in [2.75, 3.05) is 51.1 Å². The number of urea groups is 1. The zero-order valence-corrected chi connectivity index (χ0v) is 22.2. The van der Waals surface area contributed by atoms with Crippen LogP contribution < -0.4 is 5.32 Å². The number of carbonyl (C=O) groups excluding carboxylic acids is 1. The van der Waals surface area contributed by atoms with Gasteiger partial charge < -0.3 is 20.2 Å². The summed E-state index contributed by atoms with van der Waals surface area (Å²) in [5, 5.41) is 17.7. The van der Waals surface area contributed by atoms with Crippen molar-refractivity contribution in [2.24, 2.45) is 5.92 Å². The van der Waals surface area contributed by atoms with Gasteiger partial charge in [0.2, 0.25) is 0 Å². The van der Waals surface area contributed by atoms with E-state index in [4.69, 9.17) is 23.2 Å². The second-order valence-corrected chi connectivity index (χ2v) is 11.8. The number of nitrogens with one attached hydrogen (secondary N) is 1. The zero-order chi connectivity index (χ0) is 24.4. The Bertz CT molecular complexity index is 1010. The SMILES string of the molecule is O=C(Nc1ccc(Cl)c(Cl)c1)N1CCN(C[C@@H]2CCN([C@H]3CC[C@](O)(c4nccs4)CC3)C2)CC1. The largest absolute Gasteiger partial charge is 0.383 e. The van der Waals surface area contributed by atoms with Crippen molar-refractivity contribution >= 4 is 46.3 Å². The smallest absolute Gasteiger partial charge is 0.321 e. The minimum Gasteiger partial charge on any atom is -0.383 e. The molecule has 0 radical (unpaired) electrons. The third kappa shape index (κ3) is 5.95. The van der Waals surface area contributed by atoms with Crippen molar-refractivity contribution in [2.45, 2.75) is 43.7 Å². The molecule has 190 valence electrons. The summed E-state index contributed by atoms with van der Waals surface area (Å²) < 4.78 is 0. The molecule has 1 saturated carbocycles. The van der Waals surface area contributed by atoms with Crippen LogP contribution in [0, 0.1) is 5.92 Å². The number of rotatable bonds is 5. The first-order chi connectivity index (χ1) is 16.9. The van der Waals surface area contributed by atoms with Crippen LogP contribution in [0.2, 0.25) is 10.0 Å². The van der Waals surface area contributed by atoms with Gasteiger partial charge in [0.05, 0.1) is 10.0 Å². The first kappa shape index (κ1) is 25.2. The molecule has 3 heterocycles. The van der Waals surface area contributed by atoms with Gasteiger partial charge in [0, 0.05) is 62.6 Å². The number of likely N-dealkylation sites (tertiary alicyclic amines) is 1. The van der Waals surface area contributed by atoms with Crippen LogP contribution in [0.5, 0.6) is 0 Å². The molecule has 2 N–H and O–H groups in total. The van der Waals surface area contributed by atoms with Crippen LogP contribution in [0.15, 0.2) is 29.8 Å². The van der Waals surface area contributed by atoms with Crippen molar-refractivity contribution in [1.82, 2.24) is 19.7 Å². The lowest BCUT2D eigenvalue weighted by Gasteiger charge is -2.39. The first-order valence-corrected chi connectivity index (χ1v) is 14.1. The molecule has 7 nitrogen and oxygen atoms in total. The van der Waals surface area contributed by atoms with E-state index in [9.17, 15) is 9.90 Å². The number of aromatic nitrogens is 1. The van der Waals surface area contributed by atoms with Gasteiger partial charge in [0.1, 0.15) is 10.6 Å². The molecule has 2 amide bonds. The number of nitrogens with zero attached hydrogens (tertiary/aromatic N) is 4. The van der Waals surface area contributed by atoms with Crippen molar-refractivity contribution in [3.63, 3.8) is 0 Å². The number of aliphatic hydroxyl groups is 1. The molecule has 3 fully saturated rings. The Balaban J connectivity index is 1.03. The fraction of sp³-hybridized carbons (Fsp3) is 0.600. The van der Waals surface area contributed by atoms with Crippen LogP contribution in [0.1, 0.15) is 37.1 Å². The third-order valence-electron chi connectivity index (χ3n) is 7.79. The highest BCUT2D eigenvalue weighted by atomic mass is 35.5. The Morgan fingerprint density at radius 1 is 1.11 bits per heavy atom. The van der Waals surface area contributed by atoms with Crippen LogP contribution in [0.25, 0.3) is 0 Å². The molecule has 1 aromatic carbocycles. The number of piperazine rings is 1. The van der Waals surface area contributed by atoms with Gasteiger partial charge >= 0.3 is 6.03 Å². The second-order valence-electron chi connectivity index (χ2n) is 10.1. The van der Waals surface area contributed by atoms with Gasteiger partial charge in [-0.3, -0.25) is 4.90 Å². The molecule has 2 aromatic rings. The molecule has 1 aliphatic carbocycles. The molecule has 3 aliphatic rings. The van der Waals surface area contributed by atoms with E-state index >= 15 is 0 Å². The molecule has 5 rings (SSSR count). The molecule has 0 unspecified atom stereocenters. The van der Waals surface area contributed by atoms with E-state index in [0.29, 0.717) is 27.7 Å². The summed E-state index contributed by atoms with van der Waals surface area (Å²) >= 11 is 13.6. The number of amides is 2. The second kappa shape index (κ2) is 10.9. The van der Waals surface area contributed by atoms with E-state index in [1.165, 1.54) is 6.42 Å². The molecule has 2 aliphatic heterocycles. The van der Waals surface area contributed by atoms with E-state index < -0.39 is 5.60 Å². The first-order valence-electron chi connectivity index (χ1n) is 12.5. The highest BCUT2D eigenvalue weighted by Crippen LogP contribution is 2.40. The Kier molecular flexibility index (Phi) is 7.87. The van der Waals surface area contributed by atoms with Gasteiger partial charge in [-0.1, -0.05) is 23.2 Å². The van der Waals surface area contributed by atoms with Crippen LogP contribution in [0.3, 0.4) is 0 Å².